The number of nitrogens with zero attached hydrogens (tertiary/aromatic N) is 3. The maximum atomic E-state index is 14.6. The van der Waals surface area contributed by atoms with Crippen molar-refractivity contribution in [2.75, 3.05) is 13.1 Å². The number of fused-ring (bicyclic) bond motifs is 2. The van der Waals surface area contributed by atoms with E-state index in [1.807, 2.05) is 28.9 Å². The summed E-state index contributed by atoms with van der Waals surface area (Å²) < 4.78 is 6.45. The highest BCUT2D eigenvalue weighted by atomic mass is 35.5. The van der Waals surface area contributed by atoms with Gasteiger partial charge in [0.2, 0.25) is 11.8 Å². The Bertz CT molecular complexity index is 1460. The summed E-state index contributed by atoms with van der Waals surface area (Å²) in [6.07, 6.45) is 6.55. The normalized spacial score (nSPS) is 31.4. The van der Waals surface area contributed by atoms with Gasteiger partial charge in [-0.3, -0.25) is 14.4 Å². The molecule has 2 aliphatic heterocycles. The van der Waals surface area contributed by atoms with Gasteiger partial charge in [0.25, 0.3) is 0 Å². The number of aromatic nitrogens is 1. The number of likely N-dealkylation sites (tertiary alicyclic amines) is 1. The van der Waals surface area contributed by atoms with Crippen molar-refractivity contribution < 1.29 is 24.2 Å². The molecule has 8 nitrogen and oxygen atoms in total. The Morgan fingerprint density at radius 3 is 2.73 bits per heavy atom. The van der Waals surface area contributed by atoms with Crippen molar-refractivity contribution in [3.63, 3.8) is 0 Å². The Hall–Kier alpha value is -2.65. The monoisotopic (exact) mass is 597 g/mol. The third-order valence-corrected chi connectivity index (χ3v) is 11.9. The SMILES string of the molecule is Cc1scnc1COc1ccc(Cl)c2c1[C@@]1(CC1N1CC3(CC3)CC1=O)N(C(=O)[C@@H]1CCCC[C@]1(C)C(=O)O)CC2. The van der Waals surface area contributed by atoms with Gasteiger partial charge in [0.1, 0.15) is 12.4 Å². The molecule has 0 radical (unpaired) electrons. The fraction of sp³-hybridized carbons (Fsp3) is 0.613. The van der Waals surface area contributed by atoms with Crippen LogP contribution < -0.4 is 4.74 Å². The van der Waals surface area contributed by atoms with E-state index in [0.29, 0.717) is 56.0 Å². The molecule has 3 saturated carbocycles. The molecule has 2 aromatic rings. The molecular weight excluding hydrogens is 562 g/mol. The van der Waals surface area contributed by atoms with E-state index in [-0.39, 0.29) is 23.3 Å². The van der Waals surface area contributed by atoms with E-state index in [1.54, 1.807) is 23.8 Å². The minimum atomic E-state index is -1.11. The number of amides is 2. The number of aliphatic carboxylic acids is 1. The molecule has 218 valence electrons. The predicted molar refractivity (Wildman–Crippen MR) is 154 cm³/mol. The summed E-state index contributed by atoms with van der Waals surface area (Å²) in [6, 6.07) is 3.55. The minimum Gasteiger partial charge on any atom is -0.487 e. The number of carbonyl (C=O) groups is 3. The van der Waals surface area contributed by atoms with Gasteiger partial charge in [0, 0.05) is 41.4 Å². The first-order chi connectivity index (χ1) is 19.6. The van der Waals surface area contributed by atoms with Crippen molar-refractivity contribution in [2.45, 2.75) is 89.8 Å². The smallest absolute Gasteiger partial charge is 0.310 e. The minimum absolute atomic E-state index is 0.0915. The van der Waals surface area contributed by atoms with E-state index < -0.39 is 22.8 Å². The molecule has 1 aromatic heterocycles. The van der Waals surface area contributed by atoms with Crippen LogP contribution in [0.2, 0.25) is 5.02 Å². The van der Waals surface area contributed by atoms with Crippen molar-refractivity contribution in [3.05, 3.63) is 44.4 Å². The molecule has 7 rings (SSSR count). The quantitative estimate of drug-likeness (QED) is 0.483. The summed E-state index contributed by atoms with van der Waals surface area (Å²) in [5.74, 6) is -0.824. The van der Waals surface area contributed by atoms with Crippen molar-refractivity contribution in [1.29, 1.82) is 0 Å². The first-order valence-electron chi connectivity index (χ1n) is 14.8. The van der Waals surface area contributed by atoms with Crippen LogP contribution in [0.4, 0.5) is 0 Å². The van der Waals surface area contributed by atoms with Crippen LogP contribution in [0.25, 0.3) is 0 Å². The van der Waals surface area contributed by atoms with E-state index in [4.69, 9.17) is 16.3 Å². The molecule has 2 amide bonds. The second-order valence-electron chi connectivity index (χ2n) is 13.1. The highest BCUT2D eigenvalue weighted by Crippen LogP contribution is 2.64. The molecule has 1 aromatic carbocycles. The summed E-state index contributed by atoms with van der Waals surface area (Å²) in [4.78, 5) is 49.9. The topological polar surface area (TPSA) is 100 Å². The van der Waals surface area contributed by atoms with Gasteiger partial charge >= 0.3 is 5.97 Å². The Kier molecular flexibility index (Phi) is 6.25. The summed E-state index contributed by atoms with van der Waals surface area (Å²) in [7, 11) is 0. The van der Waals surface area contributed by atoms with Crippen molar-refractivity contribution >= 4 is 40.7 Å². The number of ether oxygens (including phenoxy) is 1. The summed E-state index contributed by atoms with van der Waals surface area (Å²) in [5, 5.41) is 10.9. The maximum absolute atomic E-state index is 14.6. The zero-order chi connectivity index (χ0) is 28.7. The third kappa shape index (κ3) is 4.13. The van der Waals surface area contributed by atoms with Crippen LogP contribution in [0.1, 0.15) is 80.0 Å². The Morgan fingerprint density at radius 2 is 2.05 bits per heavy atom. The average molecular weight is 598 g/mol. The lowest BCUT2D eigenvalue weighted by molar-refractivity contribution is -0.163. The number of hydrogen-bond donors (Lipinski definition) is 1. The number of aryl methyl sites for hydroxylation is 1. The molecule has 2 spiro atoms. The largest absolute Gasteiger partial charge is 0.487 e. The van der Waals surface area contributed by atoms with Crippen molar-refractivity contribution in [1.82, 2.24) is 14.8 Å². The number of carboxylic acid groups (broad SMARTS) is 1. The molecule has 0 bridgehead atoms. The molecule has 10 heteroatoms. The molecule has 3 heterocycles. The molecule has 3 aliphatic carbocycles. The highest BCUT2D eigenvalue weighted by Gasteiger charge is 2.70. The Morgan fingerprint density at radius 1 is 1.24 bits per heavy atom. The fourth-order valence-corrected chi connectivity index (χ4v) is 8.82. The number of benzene rings is 1. The molecule has 1 saturated heterocycles. The number of thiazole rings is 1. The van der Waals surface area contributed by atoms with Crippen LogP contribution in [0, 0.1) is 23.7 Å². The Balaban J connectivity index is 1.31. The molecular formula is C31H36ClN3O5S. The van der Waals surface area contributed by atoms with Gasteiger partial charge in [0.05, 0.1) is 34.1 Å². The van der Waals surface area contributed by atoms with Crippen LogP contribution in [0.15, 0.2) is 17.6 Å². The lowest BCUT2D eigenvalue weighted by Gasteiger charge is -2.46. The standard InChI is InChI=1S/C31H36ClN3O5S/c1-18-22(33-17-41-18)15-40-23-7-6-21(32)19-8-12-35(27(37)20-5-3-4-9-29(20,2)28(38)39)31(26(19)23)13-24(31)34-16-30(10-11-30)14-25(34)36/h6-7,17,20,24H,3-5,8-16H2,1-2H3,(H,38,39)/t20-,24?,29-,31-/m0/s1. The number of halogens is 1. The fourth-order valence-electron chi connectivity index (χ4n) is 7.98. The Labute approximate surface area is 249 Å². The maximum Gasteiger partial charge on any atom is 0.310 e. The predicted octanol–water partition coefficient (Wildman–Crippen LogP) is 5.33. The van der Waals surface area contributed by atoms with Crippen LogP contribution in [0.3, 0.4) is 0 Å². The lowest BCUT2D eigenvalue weighted by Crippen LogP contribution is -2.55. The first-order valence-corrected chi connectivity index (χ1v) is 16.0. The molecule has 1 N–H and O–H groups in total. The van der Waals surface area contributed by atoms with E-state index in [9.17, 15) is 19.5 Å². The lowest BCUT2D eigenvalue weighted by atomic mass is 9.66. The van der Waals surface area contributed by atoms with Crippen LogP contribution >= 0.6 is 22.9 Å². The van der Waals surface area contributed by atoms with Gasteiger partial charge in [-0.05, 0) is 69.1 Å². The van der Waals surface area contributed by atoms with Crippen molar-refractivity contribution in [2.24, 2.45) is 16.7 Å². The van der Waals surface area contributed by atoms with Gasteiger partial charge in [0.15, 0.2) is 0 Å². The summed E-state index contributed by atoms with van der Waals surface area (Å²) in [6.45, 7) is 5.21. The van der Waals surface area contributed by atoms with E-state index in [1.165, 1.54) is 0 Å². The van der Waals surface area contributed by atoms with Crippen molar-refractivity contribution in [3.8, 4) is 5.75 Å². The molecule has 4 fully saturated rings. The van der Waals surface area contributed by atoms with E-state index in [2.05, 4.69) is 4.98 Å². The third-order valence-electron chi connectivity index (χ3n) is 10.8. The average Bonchev–Trinajstić information content (AvgIpc) is 3.79. The summed E-state index contributed by atoms with van der Waals surface area (Å²) >= 11 is 8.39. The second-order valence-corrected chi connectivity index (χ2v) is 14.6. The number of hydrogen-bond acceptors (Lipinski definition) is 6. The number of carboxylic acids is 1. The van der Waals surface area contributed by atoms with Gasteiger partial charge in [-0.25, -0.2) is 4.98 Å². The zero-order valence-corrected chi connectivity index (χ0v) is 25.2. The molecule has 4 atom stereocenters. The van der Waals surface area contributed by atoms with Crippen LogP contribution in [0.5, 0.6) is 5.75 Å². The second kappa shape index (κ2) is 9.43. The zero-order valence-electron chi connectivity index (χ0n) is 23.6. The summed E-state index contributed by atoms with van der Waals surface area (Å²) in [5.41, 5.74) is 2.72. The van der Waals surface area contributed by atoms with E-state index in [0.717, 1.165) is 53.9 Å². The van der Waals surface area contributed by atoms with Crippen LogP contribution in [-0.4, -0.2) is 56.8 Å². The van der Waals surface area contributed by atoms with Gasteiger partial charge in [-0.15, -0.1) is 11.3 Å². The number of carbonyl (C=O) groups excluding carboxylic acids is 2. The van der Waals surface area contributed by atoms with Gasteiger partial charge < -0.3 is 19.6 Å². The van der Waals surface area contributed by atoms with E-state index >= 15 is 0 Å². The van der Waals surface area contributed by atoms with Gasteiger partial charge in [-0.2, -0.15) is 0 Å². The molecule has 5 aliphatic rings. The molecule has 41 heavy (non-hydrogen) atoms. The highest BCUT2D eigenvalue weighted by molar-refractivity contribution is 7.09. The number of rotatable bonds is 6. The first kappa shape index (κ1) is 27.2. The van der Waals surface area contributed by atoms with Gasteiger partial charge in [-0.1, -0.05) is 24.4 Å². The van der Waals surface area contributed by atoms with Crippen LogP contribution in [-0.2, 0) is 33.0 Å². The molecule has 1 unspecified atom stereocenters.